The van der Waals surface area contributed by atoms with Crippen molar-refractivity contribution in [1.29, 1.82) is 5.26 Å². The number of nitriles is 1. The molecule has 2 aromatic rings. The molecule has 0 bridgehead atoms. The molecule has 0 radical (unpaired) electrons. The van der Waals surface area contributed by atoms with Crippen molar-refractivity contribution in [2.45, 2.75) is 19.3 Å². The van der Waals surface area contributed by atoms with Gasteiger partial charge in [0.25, 0.3) is 0 Å². The Labute approximate surface area is 95.1 Å². The third-order valence-electron chi connectivity index (χ3n) is 2.50. The molecule has 0 aliphatic rings. The Bertz CT molecular complexity index is 479. The summed E-state index contributed by atoms with van der Waals surface area (Å²) in [6, 6.07) is 16.0. The molecule has 2 rings (SSSR count). The maximum atomic E-state index is 8.61. The highest BCUT2D eigenvalue weighted by molar-refractivity contribution is 5.19. The largest absolute Gasteiger partial charge is 0.451 e. The summed E-state index contributed by atoms with van der Waals surface area (Å²) in [5, 5.41) is 8.61. The van der Waals surface area contributed by atoms with Crippen molar-refractivity contribution in [2.75, 3.05) is 0 Å². The van der Waals surface area contributed by atoms with Crippen LogP contribution in [0.15, 0.2) is 46.9 Å². The molecule has 1 aromatic heterocycles. The minimum Gasteiger partial charge on any atom is -0.451 e. The van der Waals surface area contributed by atoms with E-state index < -0.39 is 0 Å². The van der Waals surface area contributed by atoms with Crippen LogP contribution in [-0.4, -0.2) is 0 Å². The van der Waals surface area contributed by atoms with E-state index in [2.05, 4.69) is 24.3 Å². The molecule has 2 heteroatoms. The lowest BCUT2D eigenvalue weighted by Crippen LogP contribution is -1.88. The Kier molecular flexibility index (Phi) is 3.40. The van der Waals surface area contributed by atoms with Gasteiger partial charge in [-0.05, 0) is 30.5 Å². The van der Waals surface area contributed by atoms with Crippen molar-refractivity contribution < 1.29 is 4.42 Å². The van der Waals surface area contributed by atoms with Crippen LogP contribution in [0.5, 0.6) is 0 Å². The van der Waals surface area contributed by atoms with Gasteiger partial charge in [-0.15, -0.1) is 0 Å². The van der Waals surface area contributed by atoms with Gasteiger partial charge in [-0.3, -0.25) is 0 Å². The second-order valence-electron chi connectivity index (χ2n) is 3.72. The van der Waals surface area contributed by atoms with E-state index in [-0.39, 0.29) is 0 Å². The summed E-state index contributed by atoms with van der Waals surface area (Å²) >= 11 is 0. The highest BCUT2D eigenvalue weighted by atomic mass is 16.3. The number of furan rings is 1. The fraction of sp³-hybridized carbons (Fsp3) is 0.214. The first-order valence-electron chi connectivity index (χ1n) is 5.41. The molecule has 80 valence electrons. The van der Waals surface area contributed by atoms with Gasteiger partial charge in [0.2, 0.25) is 5.76 Å². The normalized spacial score (nSPS) is 9.94. The first-order chi connectivity index (χ1) is 7.88. The highest BCUT2D eigenvalue weighted by Gasteiger charge is 2.00. The van der Waals surface area contributed by atoms with E-state index in [1.54, 1.807) is 6.07 Å². The van der Waals surface area contributed by atoms with Crippen LogP contribution in [0.4, 0.5) is 0 Å². The number of hydrogen-bond acceptors (Lipinski definition) is 2. The fourth-order valence-corrected chi connectivity index (χ4v) is 1.68. The van der Waals surface area contributed by atoms with Crippen LogP contribution in [0.25, 0.3) is 0 Å². The maximum Gasteiger partial charge on any atom is 0.203 e. The van der Waals surface area contributed by atoms with Crippen molar-refractivity contribution in [1.82, 2.24) is 0 Å². The zero-order valence-corrected chi connectivity index (χ0v) is 9.02. The number of hydrogen-bond donors (Lipinski definition) is 0. The second kappa shape index (κ2) is 5.18. The molecular formula is C14H13NO. The summed E-state index contributed by atoms with van der Waals surface area (Å²) in [5.74, 6) is 1.29. The van der Waals surface area contributed by atoms with Gasteiger partial charge in [0.15, 0.2) is 0 Å². The minimum absolute atomic E-state index is 0.398. The predicted molar refractivity (Wildman–Crippen MR) is 61.9 cm³/mol. The molecule has 0 aliphatic carbocycles. The molecule has 0 unspecified atom stereocenters. The molecule has 0 aliphatic heterocycles. The smallest absolute Gasteiger partial charge is 0.203 e. The summed E-state index contributed by atoms with van der Waals surface area (Å²) in [4.78, 5) is 0. The van der Waals surface area contributed by atoms with E-state index in [0.29, 0.717) is 5.76 Å². The van der Waals surface area contributed by atoms with E-state index in [1.807, 2.05) is 18.2 Å². The van der Waals surface area contributed by atoms with Crippen molar-refractivity contribution in [3.8, 4) is 6.07 Å². The van der Waals surface area contributed by atoms with Gasteiger partial charge in [0.1, 0.15) is 11.8 Å². The van der Waals surface area contributed by atoms with Crippen LogP contribution in [0.3, 0.4) is 0 Å². The number of aryl methyl sites for hydroxylation is 2. The van der Waals surface area contributed by atoms with E-state index in [0.717, 1.165) is 25.0 Å². The van der Waals surface area contributed by atoms with Crippen molar-refractivity contribution in [3.63, 3.8) is 0 Å². The Morgan fingerprint density at radius 3 is 2.50 bits per heavy atom. The summed E-state index contributed by atoms with van der Waals surface area (Å²) in [5.41, 5.74) is 1.34. The number of nitrogens with zero attached hydrogens (tertiary/aromatic N) is 1. The van der Waals surface area contributed by atoms with Gasteiger partial charge in [0.05, 0.1) is 0 Å². The SMILES string of the molecule is N#Cc1ccc(CCCc2ccccc2)o1. The second-order valence-corrected chi connectivity index (χ2v) is 3.72. The first-order valence-corrected chi connectivity index (χ1v) is 5.41. The van der Waals surface area contributed by atoms with Gasteiger partial charge in [-0.1, -0.05) is 30.3 Å². The molecule has 0 saturated heterocycles. The van der Waals surface area contributed by atoms with Gasteiger partial charge in [-0.25, -0.2) is 0 Å². The molecule has 0 fully saturated rings. The maximum absolute atomic E-state index is 8.61. The highest BCUT2D eigenvalue weighted by Crippen LogP contribution is 2.11. The molecule has 0 atom stereocenters. The van der Waals surface area contributed by atoms with Crippen LogP contribution in [0.1, 0.15) is 23.5 Å². The quantitative estimate of drug-likeness (QED) is 0.777. The van der Waals surface area contributed by atoms with Gasteiger partial charge >= 0.3 is 0 Å². The number of rotatable bonds is 4. The van der Waals surface area contributed by atoms with Crippen LogP contribution < -0.4 is 0 Å². The number of benzene rings is 1. The third kappa shape index (κ3) is 2.74. The zero-order valence-electron chi connectivity index (χ0n) is 9.02. The molecule has 1 heterocycles. The Morgan fingerprint density at radius 2 is 1.81 bits per heavy atom. The van der Waals surface area contributed by atoms with Crippen molar-refractivity contribution in [2.24, 2.45) is 0 Å². The van der Waals surface area contributed by atoms with Crippen molar-refractivity contribution >= 4 is 0 Å². The Hall–Kier alpha value is -2.01. The average molecular weight is 211 g/mol. The Morgan fingerprint density at radius 1 is 1.00 bits per heavy atom. The van der Waals surface area contributed by atoms with Crippen LogP contribution in [0.2, 0.25) is 0 Å². The molecule has 16 heavy (non-hydrogen) atoms. The van der Waals surface area contributed by atoms with E-state index >= 15 is 0 Å². The molecule has 0 amide bonds. The Balaban J connectivity index is 1.83. The van der Waals surface area contributed by atoms with Gasteiger partial charge < -0.3 is 4.42 Å². The van der Waals surface area contributed by atoms with Gasteiger partial charge in [0, 0.05) is 6.42 Å². The van der Waals surface area contributed by atoms with E-state index in [1.165, 1.54) is 5.56 Å². The topological polar surface area (TPSA) is 36.9 Å². The van der Waals surface area contributed by atoms with Crippen molar-refractivity contribution in [3.05, 3.63) is 59.5 Å². The van der Waals surface area contributed by atoms with Crippen LogP contribution in [-0.2, 0) is 12.8 Å². The first kappa shape index (κ1) is 10.5. The monoisotopic (exact) mass is 211 g/mol. The summed E-state index contributed by atoms with van der Waals surface area (Å²) in [7, 11) is 0. The molecule has 2 nitrogen and oxygen atoms in total. The summed E-state index contributed by atoms with van der Waals surface area (Å²) < 4.78 is 5.31. The molecule has 0 spiro atoms. The van der Waals surface area contributed by atoms with E-state index in [4.69, 9.17) is 9.68 Å². The fourth-order valence-electron chi connectivity index (χ4n) is 1.68. The standard InChI is InChI=1S/C14H13NO/c15-11-14-10-9-13(16-14)8-4-7-12-5-2-1-3-6-12/h1-3,5-6,9-10H,4,7-8H2. The minimum atomic E-state index is 0.398. The van der Waals surface area contributed by atoms with Crippen LogP contribution in [0, 0.1) is 11.3 Å². The summed E-state index contributed by atoms with van der Waals surface area (Å²) in [6.45, 7) is 0. The average Bonchev–Trinajstić information content (AvgIpc) is 2.78. The zero-order chi connectivity index (χ0) is 11.2. The molecule has 0 N–H and O–H groups in total. The summed E-state index contributed by atoms with van der Waals surface area (Å²) in [6.07, 6.45) is 2.97. The predicted octanol–water partition coefficient (Wildman–Crippen LogP) is 3.33. The van der Waals surface area contributed by atoms with Crippen LogP contribution >= 0.6 is 0 Å². The van der Waals surface area contributed by atoms with Gasteiger partial charge in [-0.2, -0.15) is 5.26 Å². The molecule has 0 saturated carbocycles. The molecular weight excluding hydrogens is 198 g/mol. The lowest BCUT2D eigenvalue weighted by Gasteiger charge is -1.99. The lowest BCUT2D eigenvalue weighted by molar-refractivity contribution is 0.491. The van der Waals surface area contributed by atoms with E-state index in [9.17, 15) is 0 Å². The molecule has 1 aromatic carbocycles. The lowest BCUT2D eigenvalue weighted by atomic mass is 10.1. The third-order valence-corrected chi connectivity index (χ3v) is 2.50.